The zero-order valence-corrected chi connectivity index (χ0v) is 15.7. The summed E-state index contributed by atoms with van der Waals surface area (Å²) in [4.78, 5) is 21.6. The van der Waals surface area contributed by atoms with Gasteiger partial charge in [0.15, 0.2) is 5.82 Å². The maximum absolute atomic E-state index is 12.8. The van der Waals surface area contributed by atoms with Crippen molar-refractivity contribution in [3.8, 4) is 5.82 Å². The molecule has 0 aromatic carbocycles. The van der Waals surface area contributed by atoms with Crippen molar-refractivity contribution in [2.75, 3.05) is 20.1 Å². The summed E-state index contributed by atoms with van der Waals surface area (Å²) >= 11 is 0. The predicted molar refractivity (Wildman–Crippen MR) is 100 cm³/mol. The first-order chi connectivity index (χ1) is 12.7. The zero-order valence-electron chi connectivity index (χ0n) is 15.7. The highest BCUT2D eigenvalue weighted by molar-refractivity contribution is 5.95. The lowest BCUT2D eigenvalue weighted by Crippen LogP contribution is -2.30. The van der Waals surface area contributed by atoms with Crippen LogP contribution in [0.2, 0.25) is 0 Å². The highest BCUT2D eigenvalue weighted by Crippen LogP contribution is 2.30. The minimum atomic E-state index is 0.0361. The lowest BCUT2D eigenvalue weighted by molar-refractivity contribution is 0.0799. The molecule has 1 amide bonds. The molecular formula is C20H27N5O. The lowest BCUT2D eigenvalue weighted by atomic mass is 10.1. The van der Waals surface area contributed by atoms with Gasteiger partial charge >= 0.3 is 0 Å². The van der Waals surface area contributed by atoms with Crippen LogP contribution in [0, 0.1) is 5.92 Å². The zero-order chi connectivity index (χ0) is 18.1. The number of fused-ring (bicyclic) bond motifs is 3. The molecule has 6 nitrogen and oxygen atoms in total. The Labute approximate surface area is 154 Å². The molecule has 3 heterocycles. The summed E-state index contributed by atoms with van der Waals surface area (Å²) in [5, 5.41) is 4.54. The smallest absolute Gasteiger partial charge is 0.257 e. The van der Waals surface area contributed by atoms with Gasteiger partial charge in [0.2, 0.25) is 0 Å². The minimum absolute atomic E-state index is 0.0361. The van der Waals surface area contributed by atoms with Gasteiger partial charge in [0.25, 0.3) is 5.91 Å². The van der Waals surface area contributed by atoms with Crippen molar-refractivity contribution < 1.29 is 4.79 Å². The third-order valence-corrected chi connectivity index (χ3v) is 5.75. The number of hydrogen-bond acceptors (Lipinski definition) is 4. The first kappa shape index (κ1) is 17.2. The monoisotopic (exact) mass is 353 g/mol. The Hall–Kier alpha value is -2.21. The van der Waals surface area contributed by atoms with Gasteiger partial charge < -0.3 is 4.90 Å². The number of amides is 1. The Kier molecular flexibility index (Phi) is 4.76. The molecule has 0 bridgehead atoms. The summed E-state index contributed by atoms with van der Waals surface area (Å²) in [6.07, 6.45) is 8.84. The second-order valence-corrected chi connectivity index (χ2v) is 7.54. The van der Waals surface area contributed by atoms with E-state index in [1.807, 2.05) is 24.7 Å². The maximum Gasteiger partial charge on any atom is 0.257 e. The second kappa shape index (κ2) is 7.19. The molecule has 0 saturated heterocycles. The van der Waals surface area contributed by atoms with Crippen LogP contribution in [0.1, 0.15) is 54.2 Å². The van der Waals surface area contributed by atoms with Crippen molar-refractivity contribution in [2.45, 2.75) is 45.7 Å². The van der Waals surface area contributed by atoms with Crippen molar-refractivity contribution in [2.24, 2.45) is 5.92 Å². The van der Waals surface area contributed by atoms with Crippen LogP contribution >= 0.6 is 0 Å². The van der Waals surface area contributed by atoms with E-state index in [1.54, 1.807) is 17.3 Å². The molecule has 1 aliphatic carbocycles. The van der Waals surface area contributed by atoms with Crippen LogP contribution in [0.3, 0.4) is 0 Å². The number of pyridine rings is 1. The van der Waals surface area contributed by atoms with E-state index < -0.39 is 0 Å². The number of nitrogens with zero attached hydrogens (tertiary/aromatic N) is 5. The van der Waals surface area contributed by atoms with Gasteiger partial charge in [0, 0.05) is 45.0 Å². The van der Waals surface area contributed by atoms with Crippen LogP contribution in [0.5, 0.6) is 0 Å². The summed E-state index contributed by atoms with van der Waals surface area (Å²) < 4.78 is 1.88. The molecule has 0 atom stereocenters. The van der Waals surface area contributed by atoms with Crippen molar-refractivity contribution >= 4 is 5.91 Å². The average Bonchev–Trinajstić information content (AvgIpc) is 3.28. The summed E-state index contributed by atoms with van der Waals surface area (Å²) in [6.45, 7) is 5.36. The van der Waals surface area contributed by atoms with Gasteiger partial charge in [0.1, 0.15) is 0 Å². The summed E-state index contributed by atoms with van der Waals surface area (Å²) in [5.41, 5.74) is 2.84. The van der Waals surface area contributed by atoms with E-state index in [2.05, 4.69) is 21.0 Å². The molecule has 138 valence electrons. The number of hydrogen-bond donors (Lipinski definition) is 0. The summed E-state index contributed by atoms with van der Waals surface area (Å²) in [5.74, 6) is 1.66. The molecule has 1 fully saturated rings. The van der Waals surface area contributed by atoms with Crippen LogP contribution in [-0.4, -0.2) is 50.6 Å². The standard InChI is InChI=1S/C20H27N5O/c1-3-23(2)20(26)17-11-22-25-18(17)14-24(12-15-7-4-5-8-15)13-16-9-6-10-21-19(16)25/h6,9-11,15H,3-5,7-8,12-14H2,1-2H3. The Morgan fingerprint density at radius 3 is 2.88 bits per heavy atom. The third kappa shape index (κ3) is 3.14. The predicted octanol–water partition coefficient (Wildman–Crippen LogP) is 2.87. The average molecular weight is 353 g/mol. The normalized spacial score (nSPS) is 17.6. The fraction of sp³-hybridized carbons (Fsp3) is 0.550. The van der Waals surface area contributed by atoms with Gasteiger partial charge in [-0.3, -0.25) is 9.69 Å². The number of carbonyl (C=O) groups excluding carboxylic acids is 1. The summed E-state index contributed by atoms with van der Waals surface area (Å²) in [6, 6.07) is 4.11. The van der Waals surface area contributed by atoms with Crippen molar-refractivity contribution in [3.63, 3.8) is 0 Å². The van der Waals surface area contributed by atoms with E-state index >= 15 is 0 Å². The third-order valence-electron chi connectivity index (χ3n) is 5.75. The van der Waals surface area contributed by atoms with E-state index in [0.29, 0.717) is 12.1 Å². The highest BCUT2D eigenvalue weighted by Gasteiger charge is 2.28. The van der Waals surface area contributed by atoms with Crippen LogP contribution in [0.25, 0.3) is 5.82 Å². The summed E-state index contributed by atoms with van der Waals surface area (Å²) in [7, 11) is 1.84. The minimum Gasteiger partial charge on any atom is -0.342 e. The van der Waals surface area contributed by atoms with Crippen LogP contribution < -0.4 is 0 Å². The highest BCUT2D eigenvalue weighted by atomic mass is 16.2. The van der Waals surface area contributed by atoms with E-state index in [0.717, 1.165) is 37.1 Å². The van der Waals surface area contributed by atoms with E-state index in [1.165, 1.54) is 31.2 Å². The van der Waals surface area contributed by atoms with Crippen molar-refractivity contribution in [1.82, 2.24) is 24.6 Å². The quantitative estimate of drug-likeness (QED) is 0.848. The van der Waals surface area contributed by atoms with E-state index in [4.69, 9.17) is 0 Å². The van der Waals surface area contributed by atoms with Crippen LogP contribution in [-0.2, 0) is 13.1 Å². The maximum atomic E-state index is 12.8. The van der Waals surface area contributed by atoms with Gasteiger partial charge in [0.05, 0.1) is 17.5 Å². The van der Waals surface area contributed by atoms with Crippen LogP contribution in [0.15, 0.2) is 24.5 Å². The Balaban J connectivity index is 1.72. The number of aromatic nitrogens is 3. The molecule has 0 spiro atoms. The molecule has 6 heteroatoms. The van der Waals surface area contributed by atoms with E-state index in [9.17, 15) is 4.79 Å². The van der Waals surface area contributed by atoms with Gasteiger partial charge in [-0.15, -0.1) is 0 Å². The SMILES string of the molecule is CCN(C)C(=O)c1cnn2c1CN(CC1CCCC1)Cc1cccnc1-2. The number of carbonyl (C=O) groups is 1. The molecular weight excluding hydrogens is 326 g/mol. The Morgan fingerprint density at radius 1 is 1.31 bits per heavy atom. The van der Waals surface area contributed by atoms with E-state index in [-0.39, 0.29) is 5.91 Å². The fourth-order valence-electron chi connectivity index (χ4n) is 4.18. The van der Waals surface area contributed by atoms with Crippen molar-refractivity contribution in [3.05, 3.63) is 41.3 Å². The molecule has 2 aromatic heterocycles. The Bertz CT molecular complexity index is 793. The molecule has 0 unspecified atom stereocenters. The van der Waals surface area contributed by atoms with Crippen molar-refractivity contribution in [1.29, 1.82) is 0 Å². The first-order valence-electron chi connectivity index (χ1n) is 9.66. The molecule has 1 saturated carbocycles. The molecule has 0 N–H and O–H groups in total. The topological polar surface area (TPSA) is 54.3 Å². The van der Waals surface area contributed by atoms with Gasteiger partial charge in [-0.05, 0) is 31.7 Å². The van der Waals surface area contributed by atoms with Gasteiger partial charge in [-0.25, -0.2) is 9.67 Å². The largest absolute Gasteiger partial charge is 0.342 e. The molecule has 2 aromatic rings. The molecule has 26 heavy (non-hydrogen) atoms. The molecule has 0 radical (unpaired) electrons. The lowest BCUT2D eigenvalue weighted by Gasteiger charge is -2.24. The van der Waals surface area contributed by atoms with Gasteiger partial charge in [-0.1, -0.05) is 18.9 Å². The van der Waals surface area contributed by atoms with Crippen LogP contribution in [0.4, 0.5) is 0 Å². The molecule has 1 aliphatic heterocycles. The number of rotatable bonds is 4. The molecule has 2 aliphatic rings. The second-order valence-electron chi connectivity index (χ2n) is 7.54. The fourth-order valence-corrected chi connectivity index (χ4v) is 4.18. The first-order valence-corrected chi connectivity index (χ1v) is 9.66. The molecule has 4 rings (SSSR count). The van der Waals surface area contributed by atoms with Gasteiger partial charge in [-0.2, -0.15) is 5.10 Å². The Morgan fingerprint density at radius 2 is 2.12 bits per heavy atom.